The molecule has 0 unspecified atom stereocenters. The molecule has 3 heterocycles. The minimum Gasteiger partial charge on any atom is -0.326 e. The number of piperidine rings is 1. The minimum absolute atomic E-state index is 0.00257. The molecule has 0 bridgehead atoms. The van der Waals surface area contributed by atoms with Crippen molar-refractivity contribution in [3.8, 4) is 0 Å². The maximum Gasteiger partial charge on any atom is 0.243 e. The number of carbonyl (C=O) groups is 1. The molecule has 3 aliphatic rings. The zero-order valence-corrected chi connectivity index (χ0v) is 15.2. The van der Waals surface area contributed by atoms with Gasteiger partial charge in [0, 0.05) is 37.8 Å². The third kappa shape index (κ3) is 3.32. The van der Waals surface area contributed by atoms with Gasteiger partial charge in [-0.15, -0.1) is 0 Å². The third-order valence-electron chi connectivity index (χ3n) is 5.64. The van der Waals surface area contributed by atoms with Crippen molar-refractivity contribution in [2.45, 2.75) is 49.5 Å². The van der Waals surface area contributed by atoms with Crippen LogP contribution in [0.15, 0.2) is 23.1 Å². The predicted molar refractivity (Wildman–Crippen MR) is 96.0 cm³/mol. The Morgan fingerprint density at radius 2 is 1.92 bits per heavy atom. The van der Waals surface area contributed by atoms with Gasteiger partial charge in [-0.1, -0.05) is 6.42 Å². The summed E-state index contributed by atoms with van der Waals surface area (Å²) in [5.74, 6) is 0.00257. The number of amides is 1. The first-order chi connectivity index (χ1) is 12.0. The molecular weight excluding hydrogens is 338 g/mol. The van der Waals surface area contributed by atoms with E-state index in [4.69, 9.17) is 0 Å². The van der Waals surface area contributed by atoms with E-state index in [1.54, 1.807) is 22.5 Å². The Labute approximate surface area is 149 Å². The molecule has 2 fully saturated rings. The SMILES string of the molecule is O=C1CCCc2cc(S(=O)(=O)N3CCN4CCCC[C@@H]4C3)ccc2N1. The molecular formula is C18H25N3O3S. The van der Waals surface area contributed by atoms with Gasteiger partial charge in [0.2, 0.25) is 15.9 Å². The van der Waals surface area contributed by atoms with Crippen LogP contribution in [0.4, 0.5) is 5.69 Å². The molecule has 25 heavy (non-hydrogen) atoms. The van der Waals surface area contributed by atoms with Gasteiger partial charge < -0.3 is 5.32 Å². The Morgan fingerprint density at radius 1 is 1.04 bits per heavy atom. The molecule has 7 heteroatoms. The number of aryl methyl sites for hydroxylation is 1. The highest BCUT2D eigenvalue weighted by Crippen LogP contribution is 2.29. The Bertz CT molecular complexity index is 778. The topological polar surface area (TPSA) is 69.7 Å². The molecule has 1 N–H and O–H groups in total. The Morgan fingerprint density at radius 3 is 2.80 bits per heavy atom. The van der Waals surface area contributed by atoms with Crippen LogP contribution >= 0.6 is 0 Å². The first kappa shape index (κ1) is 17.0. The lowest BCUT2D eigenvalue weighted by Crippen LogP contribution is -2.56. The number of nitrogens with zero attached hydrogens (tertiary/aromatic N) is 2. The second-order valence-electron chi connectivity index (χ2n) is 7.27. The first-order valence-corrected chi connectivity index (χ1v) is 10.6. The van der Waals surface area contributed by atoms with Crippen molar-refractivity contribution < 1.29 is 13.2 Å². The normalized spacial score (nSPS) is 25.6. The summed E-state index contributed by atoms with van der Waals surface area (Å²) in [6, 6.07) is 5.48. The lowest BCUT2D eigenvalue weighted by atomic mass is 10.0. The van der Waals surface area contributed by atoms with Crippen LogP contribution in [0.3, 0.4) is 0 Å². The van der Waals surface area contributed by atoms with Crippen molar-refractivity contribution in [1.82, 2.24) is 9.21 Å². The Kier molecular flexibility index (Phi) is 4.56. The van der Waals surface area contributed by atoms with Gasteiger partial charge in [-0.2, -0.15) is 4.31 Å². The number of anilines is 1. The largest absolute Gasteiger partial charge is 0.326 e. The van der Waals surface area contributed by atoms with Crippen molar-refractivity contribution in [3.63, 3.8) is 0 Å². The predicted octanol–water partition coefficient (Wildman–Crippen LogP) is 1.82. The lowest BCUT2D eigenvalue weighted by Gasteiger charge is -2.43. The van der Waals surface area contributed by atoms with Gasteiger partial charge in [-0.25, -0.2) is 8.42 Å². The number of fused-ring (bicyclic) bond motifs is 2. The maximum atomic E-state index is 13.1. The minimum atomic E-state index is -3.48. The van der Waals surface area contributed by atoms with Crippen molar-refractivity contribution in [2.24, 2.45) is 0 Å². The smallest absolute Gasteiger partial charge is 0.243 e. The number of nitrogens with one attached hydrogen (secondary N) is 1. The fourth-order valence-corrected chi connectivity index (χ4v) is 5.73. The number of hydrogen-bond acceptors (Lipinski definition) is 4. The molecule has 0 saturated carbocycles. The van der Waals surface area contributed by atoms with Crippen molar-refractivity contribution in [1.29, 1.82) is 0 Å². The number of benzene rings is 1. The van der Waals surface area contributed by atoms with E-state index in [0.29, 0.717) is 30.4 Å². The molecule has 0 aromatic heterocycles. The van der Waals surface area contributed by atoms with Gasteiger partial charge in [0.05, 0.1) is 4.90 Å². The van der Waals surface area contributed by atoms with Crippen LogP contribution in [-0.4, -0.2) is 55.8 Å². The van der Waals surface area contributed by atoms with Gasteiger partial charge in [0.1, 0.15) is 0 Å². The van der Waals surface area contributed by atoms with Crippen LogP contribution in [0.25, 0.3) is 0 Å². The Balaban J connectivity index is 1.58. The monoisotopic (exact) mass is 363 g/mol. The molecule has 1 aromatic rings. The highest BCUT2D eigenvalue weighted by Gasteiger charge is 2.35. The zero-order valence-electron chi connectivity index (χ0n) is 14.4. The number of carbonyl (C=O) groups excluding carboxylic acids is 1. The van der Waals surface area contributed by atoms with Crippen LogP contribution in [-0.2, 0) is 21.2 Å². The van der Waals surface area contributed by atoms with Gasteiger partial charge >= 0.3 is 0 Å². The van der Waals surface area contributed by atoms with Crippen LogP contribution in [0, 0.1) is 0 Å². The second-order valence-corrected chi connectivity index (χ2v) is 9.21. The van der Waals surface area contributed by atoms with Gasteiger partial charge in [-0.05, 0) is 56.0 Å². The quantitative estimate of drug-likeness (QED) is 0.870. The summed E-state index contributed by atoms with van der Waals surface area (Å²) in [6.45, 7) is 3.07. The van der Waals surface area contributed by atoms with Crippen molar-refractivity contribution in [2.75, 3.05) is 31.5 Å². The highest BCUT2D eigenvalue weighted by atomic mass is 32.2. The second kappa shape index (κ2) is 6.70. The highest BCUT2D eigenvalue weighted by molar-refractivity contribution is 7.89. The van der Waals surface area contributed by atoms with E-state index in [1.165, 1.54) is 12.8 Å². The molecule has 1 amide bonds. The molecule has 2 saturated heterocycles. The van der Waals surface area contributed by atoms with Crippen LogP contribution < -0.4 is 5.32 Å². The van der Waals surface area contributed by atoms with E-state index in [-0.39, 0.29) is 5.91 Å². The zero-order chi connectivity index (χ0) is 17.4. The van der Waals surface area contributed by atoms with E-state index < -0.39 is 10.0 Å². The van der Waals surface area contributed by atoms with Crippen LogP contribution in [0.5, 0.6) is 0 Å². The lowest BCUT2D eigenvalue weighted by molar-refractivity contribution is -0.116. The van der Waals surface area contributed by atoms with Crippen molar-refractivity contribution >= 4 is 21.6 Å². The first-order valence-electron chi connectivity index (χ1n) is 9.21. The van der Waals surface area contributed by atoms with E-state index >= 15 is 0 Å². The fourth-order valence-electron chi connectivity index (χ4n) is 4.21. The van der Waals surface area contributed by atoms with E-state index in [1.807, 2.05) is 0 Å². The Hall–Kier alpha value is -1.44. The summed E-state index contributed by atoms with van der Waals surface area (Å²) in [5.41, 5.74) is 1.67. The summed E-state index contributed by atoms with van der Waals surface area (Å²) < 4.78 is 27.9. The summed E-state index contributed by atoms with van der Waals surface area (Å²) in [7, 11) is -3.48. The average Bonchev–Trinajstić information content (AvgIpc) is 2.81. The van der Waals surface area contributed by atoms with Gasteiger partial charge in [0.25, 0.3) is 0 Å². The summed E-state index contributed by atoms with van der Waals surface area (Å²) >= 11 is 0. The van der Waals surface area contributed by atoms with E-state index in [9.17, 15) is 13.2 Å². The molecule has 1 atom stereocenters. The number of sulfonamides is 1. The number of piperazine rings is 1. The molecule has 0 spiro atoms. The number of rotatable bonds is 2. The summed E-state index contributed by atoms with van der Waals surface area (Å²) in [4.78, 5) is 14.5. The molecule has 136 valence electrons. The summed E-state index contributed by atoms with van der Waals surface area (Å²) in [6.07, 6.45) is 5.47. The maximum absolute atomic E-state index is 13.1. The van der Waals surface area contributed by atoms with Crippen LogP contribution in [0.1, 0.15) is 37.7 Å². The van der Waals surface area contributed by atoms with Gasteiger partial charge in [0.15, 0.2) is 0 Å². The third-order valence-corrected chi connectivity index (χ3v) is 7.50. The van der Waals surface area contributed by atoms with E-state index in [0.717, 1.165) is 43.6 Å². The average molecular weight is 363 g/mol. The van der Waals surface area contributed by atoms with Crippen LogP contribution in [0.2, 0.25) is 0 Å². The molecule has 6 nitrogen and oxygen atoms in total. The molecule has 3 aliphatic heterocycles. The fraction of sp³-hybridized carbons (Fsp3) is 0.611. The van der Waals surface area contributed by atoms with E-state index in [2.05, 4.69) is 10.2 Å². The van der Waals surface area contributed by atoms with Crippen molar-refractivity contribution in [3.05, 3.63) is 23.8 Å². The molecule has 0 radical (unpaired) electrons. The standard InChI is InChI=1S/C18H25N3O3S/c22-18-6-3-4-14-12-16(7-8-17(14)19-18)25(23,24)21-11-10-20-9-2-1-5-15(20)13-21/h7-8,12,15H,1-6,9-11,13H2,(H,19,22)/t15-/m1/s1. The number of hydrogen-bond donors (Lipinski definition) is 1. The van der Waals surface area contributed by atoms with Gasteiger partial charge in [-0.3, -0.25) is 9.69 Å². The molecule has 4 rings (SSSR count). The summed E-state index contributed by atoms with van der Waals surface area (Å²) in [5, 5.41) is 2.86. The molecule has 0 aliphatic carbocycles. The molecule has 1 aromatic carbocycles.